The average molecular weight is 419 g/mol. The Labute approximate surface area is 173 Å². The van der Waals surface area contributed by atoms with Crippen LogP contribution in [0.15, 0.2) is 66.1 Å². The van der Waals surface area contributed by atoms with E-state index in [1.54, 1.807) is 16.9 Å². The summed E-state index contributed by atoms with van der Waals surface area (Å²) in [7, 11) is 0. The van der Waals surface area contributed by atoms with Gasteiger partial charge in [-0.25, -0.2) is 4.98 Å². The smallest absolute Gasteiger partial charge is 0.236 e. The SMILES string of the molecule is O=C(CSc1nnc2ccc(-c3cccnc3)nn12)Nc1nc2ccccc2s1. The lowest BCUT2D eigenvalue weighted by molar-refractivity contribution is -0.113. The number of carbonyl (C=O) groups is 1. The van der Waals surface area contributed by atoms with E-state index in [2.05, 4.69) is 30.6 Å². The van der Waals surface area contributed by atoms with Crippen molar-refractivity contribution in [2.24, 2.45) is 0 Å². The van der Waals surface area contributed by atoms with Crippen molar-refractivity contribution in [2.75, 3.05) is 11.1 Å². The van der Waals surface area contributed by atoms with Crippen LogP contribution in [0.5, 0.6) is 0 Å². The molecule has 0 radical (unpaired) electrons. The highest BCUT2D eigenvalue weighted by Crippen LogP contribution is 2.26. The molecule has 0 saturated carbocycles. The number of hydrogen-bond donors (Lipinski definition) is 1. The van der Waals surface area contributed by atoms with Gasteiger partial charge in [-0.1, -0.05) is 35.2 Å². The molecule has 1 amide bonds. The molecule has 1 N–H and O–H groups in total. The van der Waals surface area contributed by atoms with Crippen LogP contribution in [0.1, 0.15) is 0 Å². The Kier molecular flexibility index (Phi) is 4.62. The summed E-state index contributed by atoms with van der Waals surface area (Å²) in [6, 6.07) is 15.3. The number of anilines is 1. The number of thioether (sulfide) groups is 1. The molecule has 5 aromatic rings. The highest BCUT2D eigenvalue weighted by atomic mass is 32.2. The van der Waals surface area contributed by atoms with E-state index in [1.165, 1.54) is 23.1 Å². The van der Waals surface area contributed by atoms with Gasteiger partial charge in [-0.3, -0.25) is 9.78 Å². The van der Waals surface area contributed by atoms with Gasteiger partial charge in [0.1, 0.15) is 0 Å². The van der Waals surface area contributed by atoms with Gasteiger partial charge in [0.2, 0.25) is 11.1 Å². The number of para-hydroxylation sites is 1. The summed E-state index contributed by atoms with van der Waals surface area (Å²) in [5.41, 5.74) is 3.14. The minimum absolute atomic E-state index is 0.158. The summed E-state index contributed by atoms with van der Waals surface area (Å²) < 4.78 is 2.67. The van der Waals surface area contributed by atoms with Crippen LogP contribution in [0.4, 0.5) is 5.13 Å². The second kappa shape index (κ2) is 7.57. The Morgan fingerprint density at radius 1 is 1.10 bits per heavy atom. The first kappa shape index (κ1) is 17.7. The highest BCUT2D eigenvalue weighted by Gasteiger charge is 2.13. The number of aromatic nitrogens is 6. The summed E-state index contributed by atoms with van der Waals surface area (Å²) in [6.45, 7) is 0. The molecule has 8 nitrogen and oxygen atoms in total. The van der Waals surface area contributed by atoms with Crippen molar-refractivity contribution in [1.82, 2.24) is 29.8 Å². The molecule has 0 fully saturated rings. The molecule has 1 aromatic carbocycles. The van der Waals surface area contributed by atoms with Crippen LogP contribution in [0.25, 0.3) is 27.1 Å². The quantitative estimate of drug-likeness (QED) is 0.435. The number of nitrogens with zero attached hydrogens (tertiary/aromatic N) is 6. The van der Waals surface area contributed by atoms with E-state index in [1.807, 2.05) is 48.5 Å². The van der Waals surface area contributed by atoms with Crippen LogP contribution in [-0.4, -0.2) is 41.4 Å². The number of benzene rings is 1. The van der Waals surface area contributed by atoms with E-state index in [0.717, 1.165) is 21.5 Å². The fraction of sp³-hybridized carbons (Fsp3) is 0.0526. The third kappa shape index (κ3) is 3.67. The van der Waals surface area contributed by atoms with Crippen LogP contribution in [0.2, 0.25) is 0 Å². The number of carbonyl (C=O) groups excluding carboxylic acids is 1. The Hall–Kier alpha value is -3.37. The van der Waals surface area contributed by atoms with Gasteiger partial charge in [-0.05, 0) is 36.4 Å². The lowest BCUT2D eigenvalue weighted by Crippen LogP contribution is -2.14. The predicted molar refractivity (Wildman–Crippen MR) is 113 cm³/mol. The van der Waals surface area contributed by atoms with Gasteiger partial charge in [0.15, 0.2) is 10.8 Å². The van der Waals surface area contributed by atoms with Gasteiger partial charge >= 0.3 is 0 Å². The summed E-state index contributed by atoms with van der Waals surface area (Å²) in [6.07, 6.45) is 3.46. The van der Waals surface area contributed by atoms with Gasteiger partial charge in [0.25, 0.3) is 0 Å². The topological polar surface area (TPSA) is 98.0 Å². The van der Waals surface area contributed by atoms with E-state index in [4.69, 9.17) is 0 Å². The molecule has 142 valence electrons. The second-order valence-corrected chi connectivity index (χ2v) is 8.01. The summed E-state index contributed by atoms with van der Waals surface area (Å²) in [5.74, 6) is 0.0180. The molecule has 0 spiro atoms. The van der Waals surface area contributed by atoms with E-state index in [-0.39, 0.29) is 11.7 Å². The number of rotatable bonds is 5. The molecule has 5 rings (SSSR count). The third-order valence-electron chi connectivity index (χ3n) is 4.06. The van der Waals surface area contributed by atoms with Crippen molar-refractivity contribution in [1.29, 1.82) is 0 Å². The van der Waals surface area contributed by atoms with E-state index < -0.39 is 0 Å². The van der Waals surface area contributed by atoms with E-state index in [0.29, 0.717) is 15.9 Å². The Bertz CT molecular complexity index is 1280. The van der Waals surface area contributed by atoms with Gasteiger partial charge in [-0.15, -0.1) is 10.2 Å². The summed E-state index contributed by atoms with van der Waals surface area (Å²) in [5, 5.41) is 16.8. The molecule has 0 bridgehead atoms. The van der Waals surface area contributed by atoms with Crippen LogP contribution < -0.4 is 5.32 Å². The lowest BCUT2D eigenvalue weighted by atomic mass is 10.2. The maximum Gasteiger partial charge on any atom is 0.236 e. The number of pyridine rings is 1. The van der Waals surface area contributed by atoms with Crippen LogP contribution in [0, 0.1) is 0 Å². The summed E-state index contributed by atoms with van der Waals surface area (Å²) >= 11 is 2.72. The van der Waals surface area contributed by atoms with Gasteiger partial charge in [0, 0.05) is 18.0 Å². The van der Waals surface area contributed by atoms with Gasteiger partial charge in [0.05, 0.1) is 21.7 Å². The van der Waals surface area contributed by atoms with Crippen molar-refractivity contribution >= 4 is 50.0 Å². The standard InChI is InChI=1S/C19H13N7OS2/c27-17(22-18-21-14-5-1-2-6-15(14)29-18)11-28-19-24-23-16-8-7-13(25-26(16)19)12-4-3-9-20-10-12/h1-10H,11H2,(H,21,22,27). The fourth-order valence-electron chi connectivity index (χ4n) is 2.74. The fourth-order valence-corrected chi connectivity index (χ4v) is 4.31. The van der Waals surface area contributed by atoms with E-state index in [9.17, 15) is 4.79 Å². The molecule has 4 heterocycles. The number of thiazole rings is 1. The molecule has 29 heavy (non-hydrogen) atoms. The minimum atomic E-state index is -0.158. The van der Waals surface area contributed by atoms with Gasteiger partial charge in [-0.2, -0.15) is 9.61 Å². The molecule has 4 aromatic heterocycles. The normalized spacial score (nSPS) is 11.2. The number of nitrogens with one attached hydrogen (secondary N) is 1. The Balaban J connectivity index is 1.31. The highest BCUT2D eigenvalue weighted by molar-refractivity contribution is 7.99. The molecule has 0 saturated heterocycles. The number of amides is 1. The molecular weight excluding hydrogens is 406 g/mol. The molecular formula is C19H13N7OS2. The summed E-state index contributed by atoms with van der Waals surface area (Å²) in [4.78, 5) is 20.9. The maximum atomic E-state index is 12.4. The molecule has 0 aliphatic heterocycles. The molecule has 0 aliphatic carbocycles. The third-order valence-corrected chi connectivity index (χ3v) is 5.94. The number of fused-ring (bicyclic) bond motifs is 2. The monoisotopic (exact) mass is 419 g/mol. The average Bonchev–Trinajstić information content (AvgIpc) is 3.35. The Morgan fingerprint density at radius 2 is 2.03 bits per heavy atom. The molecule has 10 heteroatoms. The van der Waals surface area contributed by atoms with Gasteiger partial charge < -0.3 is 5.32 Å². The zero-order valence-electron chi connectivity index (χ0n) is 14.9. The van der Waals surface area contributed by atoms with Crippen molar-refractivity contribution in [2.45, 2.75) is 5.16 Å². The minimum Gasteiger partial charge on any atom is -0.301 e. The zero-order chi connectivity index (χ0) is 19.6. The second-order valence-electron chi connectivity index (χ2n) is 6.04. The first-order valence-corrected chi connectivity index (χ1v) is 10.5. The van der Waals surface area contributed by atoms with Crippen LogP contribution in [-0.2, 0) is 4.79 Å². The first-order valence-electron chi connectivity index (χ1n) is 8.67. The van der Waals surface area contributed by atoms with Crippen molar-refractivity contribution in [3.63, 3.8) is 0 Å². The largest absolute Gasteiger partial charge is 0.301 e. The molecule has 0 unspecified atom stereocenters. The Morgan fingerprint density at radius 3 is 2.90 bits per heavy atom. The maximum absolute atomic E-state index is 12.4. The zero-order valence-corrected chi connectivity index (χ0v) is 16.5. The van der Waals surface area contributed by atoms with Crippen molar-refractivity contribution in [3.8, 4) is 11.3 Å². The predicted octanol–water partition coefficient (Wildman–Crippen LogP) is 3.53. The molecule has 0 aliphatic rings. The number of hydrogen-bond acceptors (Lipinski definition) is 8. The van der Waals surface area contributed by atoms with Crippen LogP contribution >= 0.6 is 23.1 Å². The lowest BCUT2D eigenvalue weighted by Gasteiger charge is -2.03. The van der Waals surface area contributed by atoms with E-state index >= 15 is 0 Å². The van der Waals surface area contributed by atoms with Crippen molar-refractivity contribution in [3.05, 3.63) is 60.9 Å². The van der Waals surface area contributed by atoms with Crippen LogP contribution in [0.3, 0.4) is 0 Å². The molecule has 0 atom stereocenters. The van der Waals surface area contributed by atoms with Crippen molar-refractivity contribution < 1.29 is 4.79 Å². The first-order chi connectivity index (χ1) is 14.3.